The summed E-state index contributed by atoms with van der Waals surface area (Å²) >= 11 is 0. The van der Waals surface area contributed by atoms with E-state index in [2.05, 4.69) is 17.4 Å². The molecule has 4 heteroatoms. The molecule has 1 aliphatic heterocycles. The van der Waals surface area contributed by atoms with Gasteiger partial charge in [-0.25, -0.2) is 0 Å². The number of nitrogens with one attached hydrogen (secondary N) is 1. The lowest BCUT2D eigenvalue weighted by atomic mass is 10.1. The van der Waals surface area contributed by atoms with Crippen LogP contribution in [0, 0.1) is 5.92 Å². The molecule has 21 heavy (non-hydrogen) atoms. The molecule has 4 nitrogen and oxygen atoms in total. The van der Waals surface area contributed by atoms with Gasteiger partial charge in [-0.2, -0.15) is 0 Å². The summed E-state index contributed by atoms with van der Waals surface area (Å²) in [5.41, 5.74) is 3.74. The summed E-state index contributed by atoms with van der Waals surface area (Å²) in [7, 11) is 0. The fraction of sp³-hybridized carbons (Fsp3) is 0.529. The van der Waals surface area contributed by atoms with Gasteiger partial charge in [-0.15, -0.1) is 0 Å². The van der Waals surface area contributed by atoms with Crippen LogP contribution in [-0.4, -0.2) is 24.4 Å². The summed E-state index contributed by atoms with van der Waals surface area (Å²) in [6.07, 6.45) is 5.95. The van der Waals surface area contributed by atoms with E-state index < -0.39 is 0 Å². The molecular weight excluding hydrogens is 264 g/mol. The third-order valence-electron chi connectivity index (χ3n) is 4.90. The van der Waals surface area contributed by atoms with Gasteiger partial charge in [0.25, 0.3) is 0 Å². The topological polar surface area (TPSA) is 49.4 Å². The van der Waals surface area contributed by atoms with Crippen molar-refractivity contribution < 1.29 is 9.59 Å². The summed E-state index contributed by atoms with van der Waals surface area (Å²) in [5.74, 6) is 0.418. The number of hydrogen-bond donors (Lipinski definition) is 1. The molecule has 2 amide bonds. The standard InChI is InChI=1S/C17H20N2O2/c20-15-8-9-19(17(21)16(18-15)12-4-5-12)14-7-6-11-2-1-3-13(11)10-14/h6-7,10,12,16H,1-5,8-9H2,(H,18,20). The highest BCUT2D eigenvalue weighted by atomic mass is 16.2. The van der Waals surface area contributed by atoms with Crippen molar-refractivity contribution >= 4 is 17.5 Å². The number of aryl methyl sites for hydroxylation is 2. The number of rotatable bonds is 2. The summed E-state index contributed by atoms with van der Waals surface area (Å²) < 4.78 is 0. The average Bonchev–Trinajstić information content (AvgIpc) is 3.23. The molecule has 0 aromatic heterocycles. The zero-order valence-corrected chi connectivity index (χ0v) is 12.1. The first-order valence-corrected chi connectivity index (χ1v) is 7.95. The molecule has 1 aromatic carbocycles. The smallest absolute Gasteiger partial charge is 0.249 e. The maximum atomic E-state index is 12.8. The number of anilines is 1. The van der Waals surface area contributed by atoms with Gasteiger partial charge in [0.15, 0.2) is 0 Å². The molecule has 1 saturated carbocycles. The number of fused-ring (bicyclic) bond motifs is 1. The average molecular weight is 284 g/mol. The first-order chi connectivity index (χ1) is 10.2. The minimum atomic E-state index is -0.312. The van der Waals surface area contributed by atoms with Crippen molar-refractivity contribution in [3.63, 3.8) is 0 Å². The lowest BCUT2D eigenvalue weighted by Gasteiger charge is -2.24. The summed E-state index contributed by atoms with van der Waals surface area (Å²) in [6, 6.07) is 6.03. The predicted molar refractivity (Wildman–Crippen MR) is 80.1 cm³/mol. The van der Waals surface area contributed by atoms with E-state index in [-0.39, 0.29) is 17.9 Å². The van der Waals surface area contributed by atoms with Gasteiger partial charge in [0.1, 0.15) is 6.04 Å². The van der Waals surface area contributed by atoms with E-state index in [0.717, 1.165) is 31.4 Å². The Hall–Kier alpha value is -1.84. The van der Waals surface area contributed by atoms with Gasteiger partial charge in [0.05, 0.1) is 0 Å². The van der Waals surface area contributed by atoms with Crippen molar-refractivity contribution in [3.05, 3.63) is 29.3 Å². The first kappa shape index (κ1) is 12.9. The van der Waals surface area contributed by atoms with Crippen LogP contribution in [0.1, 0.15) is 36.8 Å². The summed E-state index contributed by atoms with van der Waals surface area (Å²) in [5, 5.41) is 2.91. The van der Waals surface area contributed by atoms with E-state index in [1.54, 1.807) is 0 Å². The van der Waals surface area contributed by atoms with Gasteiger partial charge < -0.3 is 10.2 Å². The van der Waals surface area contributed by atoms with Crippen molar-refractivity contribution in [1.82, 2.24) is 5.32 Å². The second-order valence-corrected chi connectivity index (χ2v) is 6.43. The van der Waals surface area contributed by atoms with Gasteiger partial charge in [0.2, 0.25) is 11.8 Å². The van der Waals surface area contributed by atoms with Crippen LogP contribution in [0.25, 0.3) is 0 Å². The molecule has 3 aliphatic rings. The second kappa shape index (κ2) is 4.86. The third-order valence-corrected chi connectivity index (χ3v) is 4.90. The molecule has 0 bridgehead atoms. The van der Waals surface area contributed by atoms with E-state index >= 15 is 0 Å². The third kappa shape index (κ3) is 2.33. The predicted octanol–water partition coefficient (Wildman–Crippen LogP) is 1.81. The highest BCUT2D eigenvalue weighted by Crippen LogP contribution is 2.35. The largest absolute Gasteiger partial charge is 0.344 e. The Morgan fingerprint density at radius 2 is 1.86 bits per heavy atom. The van der Waals surface area contributed by atoms with E-state index in [4.69, 9.17) is 0 Å². The molecule has 1 aromatic rings. The zero-order chi connectivity index (χ0) is 14.4. The molecule has 110 valence electrons. The Labute approximate surface area is 124 Å². The van der Waals surface area contributed by atoms with Gasteiger partial charge in [0, 0.05) is 18.7 Å². The minimum Gasteiger partial charge on any atom is -0.344 e. The van der Waals surface area contributed by atoms with E-state index in [0.29, 0.717) is 18.9 Å². The fourth-order valence-electron chi connectivity index (χ4n) is 3.53. The van der Waals surface area contributed by atoms with Crippen molar-refractivity contribution in [3.8, 4) is 0 Å². The molecule has 1 atom stereocenters. The van der Waals surface area contributed by atoms with Crippen LogP contribution in [0.15, 0.2) is 18.2 Å². The van der Waals surface area contributed by atoms with Crippen LogP contribution in [0.4, 0.5) is 5.69 Å². The maximum absolute atomic E-state index is 12.8. The Bertz CT molecular complexity index is 607. The Balaban J connectivity index is 1.65. The number of amides is 2. The molecule has 2 aliphatic carbocycles. The number of hydrogen-bond acceptors (Lipinski definition) is 2. The number of carbonyl (C=O) groups is 2. The van der Waals surface area contributed by atoms with Crippen LogP contribution in [0.5, 0.6) is 0 Å². The number of benzene rings is 1. The van der Waals surface area contributed by atoms with Crippen LogP contribution < -0.4 is 10.2 Å². The van der Waals surface area contributed by atoms with Gasteiger partial charge in [-0.1, -0.05) is 6.07 Å². The van der Waals surface area contributed by atoms with Crippen molar-refractivity contribution in [2.24, 2.45) is 5.92 Å². The lowest BCUT2D eigenvalue weighted by Crippen LogP contribution is -2.46. The molecule has 0 spiro atoms. The zero-order valence-electron chi connectivity index (χ0n) is 12.1. The van der Waals surface area contributed by atoms with Crippen LogP contribution >= 0.6 is 0 Å². The molecular formula is C17H20N2O2. The van der Waals surface area contributed by atoms with Crippen LogP contribution in [0.3, 0.4) is 0 Å². The van der Waals surface area contributed by atoms with Crippen molar-refractivity contribution in [1.29, 1.82) is 0 Å². The van der Waals surface area contributed by atoms with Gasteiger partial charge >= 0.3 is 0 Å². The van der Waals surface area contributed by atoms with Crippen LogP contribution in [-0.2, 0) is 22.4 Å². The normalized spacial score (nSPS) is 25.5. The summed E-state index contributed by atoms with van der Waals surface area (Å²) in [6.45, 7) is 0.493. The quantitative estimate of drug-likeness (QED) is 0.900. The Morgan fingerprint density at radius 3 is 2.67 bits per heavy atom. The summed E-state index contributed by atoms with van der Waals surface area (Å²) in [4.78, 5) is 26.4. The number of carbonyl (C=O) groups excluding carboxylic acids is 2. The SMILES string of the molecule is O=C1CCN(c2ccc3c(c2)CCC3)C(=O)C(C2CC2)N1. The molecule has 1 saturated heterocycles. The highest BCUT2D eigenvalue weighted by Gasteiger charge is 2.41. The lowest BCUT2D eigenvalue weighted by molar-refractivity contribution is -0.126. The second-order valence-electron chi connectivity index (χ2n) is 6.43. The van der Waals surface area contributed by atoms with Crippen molar-refractivity contribution in [2.45, 2.75) is 44.6 Å². The molecule has 1 unspecified atom stereocenters. The van der Waals surface area contributed by atoms with E-state index in [9.17, 15) is 9.59 Å². The van der Waals surface area contributed by atoms with Gasteiger partial charge in [-0.05, 0) is 61.3 Å². The van der Waals surface area contributed by atoms with Crippen molar-refractivity contribution in [2.75, 3.05) is 11.4 Å². The molecule has 0 radical (unpaired) electrons. The minimum absolute atomic E-state index is 0.00362. The molecule has 4 rings (SSSR count). The molecule has 2 fully saturated rings. The van der Waals surface area contributed by atoms with Crippen LogP contribution in [0.2, 0.25) is 0 Å². The van der Waals surface area contributed by atoms with E-state index in [1.807, 2.05) is 11.0 Å². The van der Waals surface area contributed by atoms with E-state index in [1.165, 1.54) is 17.5 Å². The molecule has 1 heterocycles. The first-order valence-electron chi connectivity index (χ1n) is 7.95. The Morgan fingerprint density at radius 1 is 1.05 bits per heavy atom. The molecule has 1 N–H and O–H groups in total. The maximum Gasteiger partial charge on any atom is 0.249 e. The fourth-order valence-corrected chi connectivity index (χ4v) is 3.53. The highest BCUT2D eigenvalue weighted by molar-refractivity contribution is 6.01. The Kier molecular flexibility index (Phi) is 2.98. The van der Waals surface area contributed by atoms with Gasteiger partial charge in [-0.3, -0.25) is 9.59 Å². The number of nitrogens with zero attached hydrogens (tertiary/aromatic N) is 1. The monoisotopic (exact) mass is 284 g/mol.